The molecule has 0 aliphatic carbocycles. The molecule has 0 radical (unpaired) electrons. The van der Waals surface area contributed by atoms with E-state index in [1.165, 1.54) is 0 Å². The lowest BCUT2D eigenvalue weighted by atomic mass is 10.2. The van der Waals surface area contributed by atoms with E-state index in [4.69, 9.17) is 11.6 Å². The largest absolute Gasteiger partial charge is 0.467 e. The molecular formula is C18H15ClF5N3O2. The van der Waals surface area contributed by atoms with E-state index in [0.717, 1.165) is 37.2 Å². The molecule has 1 aromatic carbocycles. The number of nitrogens with zero attached hydrogens (tertiary/aromatic N) is 2. The molecule has 5 nitrogen and oxygen atoms in total. The van der Waals surface area contributed by atoms with Crippen molar-refractivity contribution in [2.75, 3.05) is 29.9 Å². The van der Waals surface area contributed by atoms with E-state index >= 15 is 0 Å². The number of halogens is 6. The Morgan fingerprint density at radius 2 is 1.79 bits per heavy atom. The Morgan fingerprint density at radius 3 is 2.34 bits per heavy atom. The fourth-order valence-corrected chi connectivity index (χ4v) is 3.11. The highest BCUT2D eigenvalue weighted by Crippen LogP contribution is 2.30. The number of pyridine rings is 1. The Morgan fingerprint density at radius 1 is 1.17 bits per heavy atom. The molecule has 11 heteroatoms. The van der Waals surface area contributed by atoms with Gasteiger partial charge >= 0.3 is 6.18 Å². The Bertz CT molecular complexity index is 894. The molecule has 29 heavy (non-hydrogen) atoms. The van der Waals surface area contributed by atoms with E-state index in [9.17, 15) is 26.7 Å². The Kier molecular flexibility index (Phi) is 6.11. The summed E-state index contributed by atoms with van der Waals surface area (Å²) >= 11 is 5.79. The minimum atomic E-state index is -4.57. The number of benzene rings is 1. The molecule has 1 aliphatic rings. The van der Waals surface area contributed by atoms with Gasteiger partial charge in [-0.1, -0.05) is 11.6 Å². The fourth-order valence-electron chi connectivity index (χ4n) is 2.89. The molecule has 0 spiro atoms. The maximum Gasteiger partial charge on any atom is 0.422 e. The first-order valence-corrected chi connectivity index (χ1v) is 8.92. The Labute approximate surface area is 167 Å². The predicted octanol–water partition coefficient (Wildman–Crippen LogP) is 4.81. The van der Waals surface area contributed by atoms with Crippen molar-refractivity contribution >= 4 is 28.9 Å². The van der Waals surface area contributed by atoms with Crippen molar-refractivity contribution in [2.45, 2.75) is 19.0 Å². The molecule has 1 aliphatic heterocycles. The maximum absolute atomic E-state index is 14.3. The van der Waals surface area contributed by atoms with Crippen LogP contribution in [-0.2, 0) is 0 Å². The van der Waals surface area contributed by atoms with Crippen LogP contribution in [-0.4, -0.2) is 36.8 Å². The van der Waals surface area contributed by atoms with Gasteiger partial charge in [0, 0.05) is 25.0 Å². The number of aromatic nitrogens is 1. The molecular weight excluding hydrogens is 421 g/mol. The van der Waals surface area contributed by atoms with Gasteiger partial charge in [-0.25, -0.2) is 13.8 Å². The van der Waals surface area contributed by atoms with Crippen LogP contribution in [0.25, 0.3) is 0 Å². The molecule has 1 amide bonds. The molecule has 156 valence electrons. The summed E-state index contributed by atoms with van der Waals surface area (Å²) in [5.74, 6) is -2.91. The lowest BCUT2D eigenvalue weighted by molar-refractivity contribution is -0.154. The van der Waals surface area contributed by atoms with Crippen molar-refractivity contribution in [1.29, 1.82) is 0 Å². The van der Waals surface area contributed by atoms with Crippen LogP contribution in [0.4, 0.5) is 33.3 Å². The van der Waals surface area contributed by atoms with E-state index in [1.54, 1.807) is 4.90 Å². The summed E-state index contributed by atoms with van der Waals surface area (Å²) in [5.41, 5.74) is -0.392. The zero-order valence-corrected chi connectivity index (χ0v) is 15.6. The van der Waals surface area contributed by atoms with Gasteiger partial charge in [0.2, 0.25) is 5.88 Å². The summed E-state index contributed by atoms with van der Waals surface area (Å²) in [4.78, 5) is 17.4. The first-order valence-electron chi connectivity index (χ1n) is 8.54. The number of anilines is 2. The van der Waals surface area contributed by atoms with Crippen LogP contribution in [0.15, 0.2) is 24.4 Å². The molecule has 1 N–H and O–H groups in total. The summed E-state index contributed by atoms with van der Waals surface area (Å²) in [6, 6.07) is 3.02. The molecule has 0 atom stereocenters. The molecule has 3 rings (SSSR count). The van der Waals surface area contributed by atoms with Crippen molar-refractivity contribution in [3.8, 4) is 5.88 Å². The van der Waals surface area contributed by atoms with E-state index < -0.39 is 36.2 Å². The topological polar surface area (TPSA) is 54.5 Å². The number of carbonyl (C=O) groups excluding carboxylic acids is 1. The van der Waals surface area contributed by atoms with Crippen molar-refractivity contribution in [3.05, 3.63) is 46.6 Å². The third kappa shape index (κ3) is 5.26. The summed E-state index contributed by atoms with van der Waals surface area (Å²) in [6.07, 6.45) is -1.95. The van der Waals surface area contributed by atoms with Crippen LogP contribution < -0.4 is 15.0 Å². The Balaban J connectivity index is 1.72. The van der Waals surface area contributed by atoms with Gasteiger partial charge in [0.05, 0.1) is 5.56 Å². The van der Waals surface area contributed by atoms with E-state index in [1.807, 2.05) is 0 Å². The second-order valence-electron chi connectivity index (χ2n) is 6.35. The van der Waals surface area contributed by atoms with Gasteiger partial charge in [0.1, 0.15) is 10.7 Å². The number of hydrogen-bond donors (Lipinski definition) is 1. The third-order valence-electron chi connectivity index (χ3n) is 4.14. The number of nitrogens with one attached hydrogen (secondary N) is 1. The van der Waals surface area contributed by atoms with Crippen molar-refractivity contribution in [3.63, 3.8) is 0 Å². The van der Waals surface area contributed by atoms with E-state index in [0.29, 0.717) is 13.1 Å². The minimum Gasteiger partial charge on any atom is -0.467 e. The maximum atomic E-state index is 14.3. The quantitative estimate of drug-likeness (QED) is 0.685. The van der Waals surface area contributed by atoms with Gasteiger partial charge in [0.15, 0.2) is 18.2 Å². The van der Waals surface area contributed by atoms with Gasteiger partial charge in [-0.2, -0.15) is 13.2 Å². The van der Waals surface area contributed by atoms with E-state index in [2.05, 4.69) is 15.0 Å². The van der Waals surface area contributed by atoms with Gasteiger partial charge in [0.25, 0.3) is 5.91 Å². The number of ether oxygens (including phenoxy) is 1. The molecule has 1 saturated heterocycles. The van der Waals surface area contributed by atoms with Crippen molar-refractivity contribution < 1.29 is 31.5 Å². The summed E-state index contributed by atoms with van der Waals surface area (Å²) in [7, 11) is 0. The highest BCUT2D eigenvalue weighted by atomic mass is 35.5. The minimum absolute atomic E-state index is 0.124. The van der Waals surface area contributed by atoms with Gasteiger partial charge in [-0.3, -0.25) is 4.79 Å². The van der Waals surface area contributed by atoms with Crippen LogP contribution in [0.2, 0.25) is 5.02 Å². The second kappa shape index (κ2) is 8.40. The summed E-state index contributed by atoms with van der Waals surface area (Å²) in [5, 5.41) is 1.99. The monoisotopic (exact) mass is 435 g/mol. The fraction of sp³-hybridized carbons (Fsp3) is 0.333. The first kappa shape index (κ1) is 21.1. The molecule has 0 unspecified atom stereocenters. The third-order valence-corrected chi connectivity index (χ3v) is 4.41. The predicted molar refractivity (Wildman–Crippen MR) is 96.6 cm³/mol. The highest BCUT2D eigenvalue weighted by Gasteiger charge is 2.29. The standard InChI is InChI=1S/C18H15ClF5N3O2/c19-12-5-10(8-25-17(12)29-9-18(22,23)24)16(28)26-11-6-13(20)15(14(21)7-11)27-3-1-2-4-27/h5-8H,1-4,9H2,(H,26,28). The average Bonchev–Trinajstić information content (AvgIpc) is 3.13. The number of hydrogen-bond acceptors (Lipinski definition) is 4. The zero-order valence-electron chi connectivity index (χ0n) is 14.8. The lowest BCUT2D eigenvalue weighted by Gasteiger charge is -2.19. The average molecular weight is 436 g/mol. The van der Waals surface area contributed by atoms with Gasteiger partial charge < -0.3 is 15.0 Å². The Hall–Kier alpha value is -2.62. The summed E-state index contributed by atoms with van der Waals surface area (Å²) in [6.45, 7) is -0.494. The SMILES string of the molecule is O=C(Nc1cc(F)c(N2CCCC2)c(F)c1)c1cnc(OCC(F)(F)F)c(Cl)c1. The molecule has 0 bridgehead atoms. The van der Waals surface area contributed by atoms with Crippen molar-refractivity contribution in [2.24, 2.45) is 0 Å². The molecule has 1 fully saturated rings. The first-order chi connectivity index (χ1) is 13.6. The number of amides is 1. The van der Waals surface area contributed by atoms with Crippen LogP contribution >= 0.6 is 11.6 Å². The summed E-state index contributed by atoms with van der Waals surface area (Å²) < 4.78 is 69.7. The van der Waals surface area contributed by atoms with Crippen LogP contribution in [0.1, 0.15) is 23.2 Å². The van der Waals surface area contributed by atoms with Crippen molar-refractivity contribution in [1.82, 2.24) is 4.98 Å². The van der Waals surface area contributed by atoms with Crippen LogP contribution in [0.3, 0.4) is 0 Å². The molecule has 2 heterocycles. The zero-order chi connectivity index (χ0) is 21.2. The van der Waals surface area contributed by atoms with Crippen LogP contribution in [0.5, 0.6) is 5.88 Å². The lowest BCUT2D eigenvalue weighted by Crippen LogP contribution is -2.21. The normalized spacial score (nSPS) is 14.2. The van der Waals surface area contributed by atoms with Crippen LogP contribution in [0, 0.1) is 11.6 Å². The number of carbonyl (C=O) groups is 1. The second-order valence-corrected chi connectivity index (χ2v) is 6.76. The van der Waals surface area contributed by atoms with Gasteiger partial charge in [-0.05, 0) is 31.0 Å². The van der Waals surface area contributed by atoms with Gasteiger partial charge in [-0.15, -0.1) is 0 Å². The van der Waals surface area contributed by atoms with E-state index in [-0.39, 0.29) is 22.0 Å². The smallest absolute Gasteiger partial charge is 0.422 e. The molecule has 1 aromatic heterocycles. The number of rotatable bonds is 5. The molecule has 2 aromatic rings. The molecule has 0 saturated carbocycles. The highest BCUT2D eigenvalue weighted by molar-refractivity contribution is 6.32. The number of alkyl halides is 3.